The van der Waals surface area contributed by atoms with Crippen LogP contribution in [0.4, 0.5) is 26.5 Å². The van der Waals surface area contributed by atoms with Crippen molar-refractivity contribution in [1.82, 2.24) is 9.97 Å². The second kappa shape index (κ2) is 10.6. The molecule has 3 N–H and O–H groups in total. The molecule has 0 radical (unpaired) electrons. The number of H-pyrrole nitrogens is 1. The first-order chi connectivity index (χ1) is 16.0. The molecule has 1 aliphatic heterocycles. The van der Waals surface area contributed by atoms with E-state index < -0.39 is 17.5 Å². The van der Waals surface area contributed by atoms with E-state index in [0.717, 1.165) is 6.07 Å². The Morgan fingerprint density at radius 1 is 1.24 bits per heavy atom. The number of aromatic nitrogens is 2. The summed E-state index contributed by atoms with van der Waals surface area (Å²) >= 11 is 0. The summed E-state index contributed by atoms with van der Waals surface area (Å²) in [5.74, 6) is -0.543. The van der Waals surface area contributed by atoms with Crippen molar-refractivity contribution in [2.75, 3.05) is 41.8 Å². The maximum absolute atomic E-state index is 14.1. The van der Waals surface area contributed by atoms with Crippen molar-refractivity contribution in [1.29, 1.82) is 0 Å². The van der Waals surface area contributed by atoms with E-state index in [0.29, 0.717) is 49.2 Å². The number of amides is 2. The van der Waals surface area contributed by atoms with Crippen LogP contribution in [0.5, 0.6) is 0 Å². The fraction of sp³-hybridized carbons (Fsp3) is 0.478. The number of anilines is 3. The molecule has 0 bridgehead atoms. The van der Waals surface area contributed by atoms with Crippen LogP contribution in [-0.2, 0) is 20.7 Å². The molecule has 1 saturated heterocycles. The van der Waals surface area contributed by atoms with Crippen LogP contribution < -0.4 is 21.1 Å². The summed E-state index contributed by atoms with van der Waals surface area (Å²) in [7, 11) is 0. The fourth-order valence-corrected chi connectivity index (χ4v) is 3.39. The zero-order valence-electron chi connectivity index (χ0n) is 19.8. The molecule has 1 aromatic carbocycles. The molecule has 184 valence electrons. The first kappa shape index (κ1) is 25.2. The Morgan fingerprint density at radius 2 is 1.94 bits per heavy atom. The van der Waals surface area contributed by atoms with Gasteiger partial charge in [-0.3, -0.25) is 19.9 Å². The van der Waals surface area contributed by atoms with E-state index >= 15 is 0 Å². The molecule has 0 aliphatic carbocycles. The zero-order chi connectivity index (χ0) is 24.9. The number of benzene rings is 1. The van der Waals surface area contributed by atoms with E-state index in [4.69, 9.17) is 9.47 Å². The maximum atomic E-state index is 14.1. The number of morpholine rings is 1. The Bertz CT molecular complexity index is 1110. The highest BCUT2D eigenvalue weighted by molar-refractivity contribution is 5.92. The van der Waals surface area contributed by atoms with Gasteiger partial charge in [-0.25, -0.2) is 14.2 Å². The molecule has 1 fully saturated rings. The van der Waals surface area contributed by atoms with Crippen LogP contribution in [0.3, 0.4) is 0 Å². The van der Waals surface area contributed by atoms with E-state index in [1.165, 1.54) is 12.1 Å². The first-order valence-electron chi connectivity index (χ1n) is 11.0. The van der Waals surface area contributed by atoms with Gasteiger partial charge in [0.2, 0.25) is 11.9 Å². The average molecular weight is 476 g/mol. The SMILES string of the molecule is Cc1nc(N2CCOCC2)[nH]c(=O)c1CCC(=O)Nc1ccc(F)c(NC(=O)OC(C)(C)C)c1. The number of aryl methyl sites for hydroxylation is 1. The van der Waals surface area contributed by atoms with Gasteiger partial charge in [0.15, 0.2) is 0 Å². The largest absolute Gasteiger partial charge is 0.444 e. The number of halogens is 1. The number of hydrogen-bond donors (Lipinski definition) is 3. The van der Waals surface area contributed by atoms with Crippen LogP contribution in [-0.4, -0.2) is 53.9 Å². The van der Waals surface area contributed by atoms with Crippen LogP contribution in [0.2, 0.25) is 0 Å². The van der Waals surface area contributed by atoms with Crippen molar-refractivity contribution >= 4 is 29.3 Å². The van der Waals surface area contributed by atoms with Crippen molar-refractivity contribution in [2.24, 2.45) is 0 Å². The molecule has 2 heterocycles. The number of carbonyl (C=O) groups is 2. The van der Waals surface area contributed by atoms with E-state index in [1.807, 2.05) is 4.90 Å². The molecule has 2 amide bonds. The number of ether oxygens (including phenoxy) is 2. The Hall–Kier alpha value is -3.47. The summed E-state index contributed by atoms with van der Waals surface area (Å²) in [5.41, 5.74) is 0.137. The Kier molecular flexibility index (Phi) is 7.87. The van der Waals surface area contributed by atoms with E-state index in [9.17, 15) is 18.8 Å². The molecular weight excluding hydrogens is 445 g/mol. The minimum Gasteiger partial charge on any atom is -0.444 e. The van der Waals surface area contributed by atoms with Crippen molar-refractivity contribution in [3.8, 4) is 0 Å². The van der Waals surface area contributed by atoms with Crippen LogP contribution in [0.15, 0.2) is 23.0 Å². The molecule has 11 heteroatoms. The summed E-state index contributed by atoms with van der Waals surface area (Å²) in [5, 5.41) is 4.98. The van der Waals surface area contributed by atoms with Gasteiger partial charge < -0.3 is 19.7 Å². The lowest BCUT2D eigenvalue weighted by Gasteiger charge is -2.27. The third-order valence-corrected chi connectivity index (χ3v) is 5.01. The molecule has 0 atom stereocenters. The summed E-state index contributed by atoms with van der Waals surface area (Å²) in [6, 6.07) is 3.81. The lowest BCUT2D eigenvalue weighted by molar-refractivity contribution is -0.116. The molecular formula is C23H30FN5O5. The number of nitrogens with zero attached hydrogens (tertiary/aromatic N) is 2. The molecule has 1 aromatic heterocycles. The first-order valence-corrected chi connectivity index (χ1v) is 11.0. The lowest BCUT2D eigenvalue weighted by Crippen LogP contribution is -2.38. The summed E-state index contributed by atoms with van der Waals surface area (Å²) in [6.07, 6.45) is -0.597. The van der Waals surface area contributed by atoms with Crippen LogP contribution in [0.25, 0.3) is 0 Å². The monoisotopic (exact) mass is 475 g/mol. The van der Waals surface area contributed by atoms with E-state index in [-0.39, 0.29) is 30.0 Å². The van der Waals surface area contributed by atoms with E-state index in [1.54, 1.807) is 27.7 Å². The molecule has 0 unspecified atom stereocenters. The van der Waals surface area contributed by atoms with Gasteiger partial charge >= 0.3 is 6.09 Å². The van der Waals surface area contributed by atoms with Gasteiger partial charge in [0.25, 0.3) is 5.56 Å². The van der Waals surface area contributed by atoms with Gasteiger partial charge in [0.05, 0.1) is 18.9 Å². The smallest absolute Gasteiger partial charge is 0.412 e. The minimum atomic E-state index is -0.808. The van der Waals surface area contributed by atoms with Gasteiger partial charge in [0, 0.05) is 36.5 Å². The van der Waals surface area contributed by atoms with Crippen LogP contribution >= 0.6 is 0 Å². The standard InChI is InChI=1S/C23H30FN5O5/c1-14-16(20(31)28-21(25-14)29-9-11-33-12-10-29)6-8-19(30)26-15-5-7-17(24)18(13-15)27-22(32)34-23(2,3)4/h5,7,13H,6,8-12H2,1-4H3,(H,26,30)(H,27,32)(H,25,28,31). The number of aromatic amines is 1. The Morgan fingerprint density at radius 3 is 2.59 bits per heavy atom. The summed E-state index contributed by atoms with van der Waals surface area (Å²) in [6.45, 7) is 9.25. The van der Waals surface area contributed by atoms with Crippen molar-refractivity contribution in [2.45, 2.75) is 46.1 Å². The molecule has 2 aromatic rings. The summed E-state index contributed by atoms with van der Waals surface area (Å²) < 4.78 is 24.5. The Labute approximate surface area is 196 Å². The van der Waals surface area contributed by atoms with Crippen LogP contribution in [0, 0.1) is 12.7 Å². The second-order valence-corrected chi connectivity index (χ2v) is 8.92. The molecule has 10 nitrogen and oxygen atoms in total. The Balaban J connectivity index is 1.61. The highest BCUT2D eigenvalue weighted by Crippen LogP contribution is 2.21. The van der Waals surface area contributed by atoms with Crippen molar-refractivity contribution in [3.05, 3.63) is 45.6 Å². The molecule has 34 heavy (non-hydrogen) atoms. The lowest BCUT2D eigenvalue weighted by atomic mass is 10.1. The topological polar surface area (TPSA) is 126 Å². The molecule has 1 aliphatic rings. The molecule has 3 rings (SSSR count). The van der Waals surface area contributed by atoms with E-state index in [2.05, 4.69) is 20.6 Å². The number of carbonyl (C=O) groups excluding carboxylic acids is 2. The summed E-state index contributed by atoms with van der Waals surface area (Å²) in [4.78, 5) is 46.2. The van der Waals surface area contributed by atoms with Crippen LogP contribution in [0.1, 0.15) is 38.4 Å². The quantitative estimate of drug-likeness (QED) is 0.586. The van der Waals surface area contributed by atoms with Gasteiger partial charge in [-0.05, 0) is 52.3 Å². The molecule has 0 spiro atoms. The van der Waals surface area contributed by atoms with Crippen molar-refractivity contribution in [3.63, 3.8) is 0 Å². The molecule has 0 saturated carbocycles. The predicted molar refractivity (Wildman–Crippen MR) is 126 cm³/mol. The normalized spacial score (nSPS) is 14.0. The number of hydrogen-bond acceptors (Lipinski definition) is 7. The number of nitrogens with one attached hydrogen (secondary N) is 3. The third kappa shape index (κ3) is 7.01. The highest BCUT2D eigenvalue weighted by Gasteiger charge is 2.19. The predicted octanol–water partition coefficient (Wildman–Crippen LogP) is 2.97. The maximum Gasteiger partial charge on any atom is 0.412 e. The van der Waals surface area contributed by atoms with Gasteiger partial charge in [0.1, 0.15) is 11.4 Å². The van der Waals surface area contributed by atoms with Gasteiger partial charge in [-0.2, -0.15) is 0 Å². The fourth-order valence-electron chi connectivity index (χ4n) is 3.39. The third-order valence-electron chi connectivity index (χ3n) is 5.01. The number of rotatable bonds is 6. The second-order valence-electron chi connectivity index (χ2n) is 8.92. The van der Waals surface area contributed by atoms with Gasteiger partial charge in [-0.15, -0.1) is 0 Å². The van der Waals surface area contributed by atoms with Crippen molar-refractivity contribution < 1.29 is 23.5 Å². The zero-order valence-corrected chi connectivity index (χ0v) is 19.8. The highest BCUT2D eigenvalue weighted by atomic mass is 19.1. The minimum absolute atomic E-state index is 0.0225. The van der Waals surface area contributed by atoms with Gasteiger partial charge in [-0.1, -0.05) is 0 Å². The average Bonchev–Trinajstić information content (AvgIpc) is 2.74.